The molecular formula is C17H17Cl2NO. The van der Waals surface area contributed by atoms with Crippen molar-refractivity contribution < 1.29 is 4.74 Å². The van der Waals surface area contributed by atoms with E-state index < -0.39 is 0 Å². The number of rotatable bonds is 2. The van der Waals surface area contributed by atoms with Crippen LogP contribution >= 0.6 is 23.2 Å². The molecule has 1 N–H and O–H groups in total. The molecule has 0 spiro atoms. The summed E-state index contributed by atoms with van der Waals surface area (Å²) in [7, 11) is 1.72. The largest absolute Gasteiger partial charge is 0.496 e. The van der Waals surface area contributed by atoms with Gasteiger partial charge in [0.1, 0.15) is 5.75 Å². The lowest BCUT2D eigenvalue weighted by atomic mass is 9.82. The molecule has 1 aliphatic rings. The minimum atomic E-state index is 0.210. The summed E-state index contributed by atoms with van der Waals surface area (Å²) in [5.74, 6) is 1.14. The Morgan fingerprint density at radius 2 is 1.95 bits per heavy atom. The van der Waals surface area contributed by atoms with E-state index in [9.17, 15) is 0 Å². The Labute approximate surface area is 135 Å². The van der Waals surface area contributed by atoms with Gasteiger partial charge in [0.05, 0.1) is 17.2 Å². The average Bonchev–Trinajstić information content (AvgIpc) is 2.50. The van der Waals surface area contributed by atoms with Crippen LogP contribution in [0, 0.1) is 0 Å². The third-order valence-corrected chi connectivity index (χ3v) is 4.85. The van der Waals surface area contributed by atoms with Gasteiger partial charge in [0.2, 0.25) is 0 Å². The van der Waals surface area contributed by atoms with Gasteiger partial charge < -0.3 is 10.1 Å². The first-order valence-electron chi connectivity index (χ1n) is 6.97. The maximum absolute atomic E-state index is 6.18. The standard InChI is InChI=1S/C17H17Cl2NO/c1-10-12-4-3-5-16(21-2)17(12)13(9-20-10)11-6-7-14(18)15(19)8-11/h3-8,10,13,20H,9H2,1-2H3. The first-order chi connectivity index (χ1) is 10.1. The van der Waals surface area contributed by atoms with Crippen molar-refractivity contribution in [1.29, 1.82) is 0 Å². The Morgan fingerprint density at radius 1 is 1.14 bits per heavy atom. The fourth-order valence-corrected chi connectivity index (χ4v) is 3.32. The predicted octanol–water partition coefficient (Wildman–Crippen LogP) is 4.80. The molecule has 4 heteroatoms. The molecule has 110 valence electrons. The summed E-state index contributed by atoms with van der Waals surface area (Å²) < 4.78 is 5.58. The Balaban J connectivity index is 2.14. The average molecular weight is 322 g/mol. The predicted molar refractivity (Wildman–Crippen MR) is 87.7 cm³/mol. The highest BCUT2D eigenvalue weighted by Gasteiger charge is 2.28. The molecule has 3 rings (SSSR count). The minimum absolute atomic E-state index is 0.210. The zero-order chi connectivity index (χ0) is 15.0. The number of halogens is 2. The van der Waals surface area contributed by atoms with Crippen molar-refractivity contribution in [3.8, 4) is 5.75 Å². The molecule has 2 nitrogen and oxygen atoms in total. The van der Waals surface area contributed by atoms with Crippen molar-refractivity contribution in [2.45, 2.75) is 18.9 Å². The first-order valence-corrected chi connectivity index (χ1v) is 7.72. The van der Waals surface area contributed by atoms with Gasteiger partial charge in [0.15, 0.2) is 0 Å². The summed E-state index contributed by atoms with van der Waals surface area (Å²) in [6, 6.07) is 12.4. The van der Waals surface area contributed by atoms with Crippen molar-refractivity contribution >= 4 is 23.2 Å². The second kappa shape index (κ2) is 5.88. The smallest absolute Gasteiger partial charge is 0.123 e. The van der Waals surface area contributed by atoms with E-state index in [2.05, 4.69) is 18.3 Å². The fraction of sp³-hybridized carbons (Fsp3) is 0.294. The van der Waals surface area contributed by atoms with Crippen LogP contribution in [-0.2, 0) is 0 Å². The number of fused-ring (bicyclic) bond motifs is 1. The van der Waals surface area contributed by atoms with Crippen LogP contribution in [0.25, 0.3) is 0 Å². The van der Waals surface area contributed by atoms with Gasteiger partial charge >= 0.3 is 0 Å². The van der Waals surface area contributed by atoms with E-state index in [0.29, 0.717) is 16.1 Å². The van der Waals surface area contributed by atoms with Gasteiger partial charge in [0, 0.05) is 24.1 Å². The Kier molecular flexibility index (Phi) is 4.12. The Hall–Kier alpha value is -1.22. The lowest BCUT2D eigenvalue weighted by molar-refractivity contribution is 0.397. The van der Waals surface area contributed by atoms with E-state index in [0.717, 1.165) is 17.9 Å². The second-order valence-corrected chi connectivity index (χ2v) is 6.13. The molecule has 0 saturated heterocycles. The van der Waals surface area contributed by atoms with E-state index in [1.807, 2.05) is 30.3 Å². The summed E-state index contributed by atoms with van der Waals surface area (Å²) in [5.41, 5.74) is 3.66. The minimum Gasteiger partial charge on any atom is -0.496 e. The zero-order valence-electron chi connectivity index (χ0n) is 12.0. The molecule has 0 aromatic heterocycles. The summed E-state index contributed by atoms with van der Waals surface area (Å²) in [4.78, 5) is 0. The molecule has 2 aromatic carbocycles. The summed E-state index contributed by atoms with van der Waals surface area (Å²) in [5, 5.41) is 4.71. The molecular weight excluding hydrogens is 305 g/mol. The Morgan fingerprint density at radius 3 is 2.67 bits per heavy atom. The van der Waals surface area contributed by atoms with Crippen molar-refractivity contribution in [3.05, 3.63) is 63.1 Å². The maximum Gasteiger partial charge on any atom is 0.123 e. The van der Waals surface area contributed by atoms with E-state index in [1.54, 1.807) is 7.11 Å². The molecule has 2 unspecified atom stereocenters. The lowest BCUT2D eigenvalue weighted by Gasteiger charge is -2.32. The van der Waals surface area contributed by atoms with Crippen molar-refractivity contribution in [2.24, 2.45) is 0 Å². The van der Waals surface area contributed by atoms with E-state index in [4.69, 9.17) is 27.9 Å². The molecule has 0 radical (unpaired) electrons. The van der Waals surface area contributed by atoms with Crippen LogP contribution in [0.5, 0.6) is 5.75 Å². The van der Waals surface area contributed by atoms with Gasteiger partial charge in [-0.05, 0) is 36.2 Å². The number of methoxy groups -OCH3 is 1. The monoisotopic (exact) mass is 321 g/mol. The molecule has 2 aromatic rings. The summed E-state index contributed by atoms with van der Waals surface area (Å²) in [6.45, 7) is 3.02. The summed E-state index contributed by atoms with van der Waals surface area (Å²) >= 11 is 12.2. The van der Waals surface area contributed by atoms with Gasteiger partial charge in [-0.1, -0.05) is 41.4 Å². The molecule has 0 saturated carbocycles. The van der Waals surface area contributed by atoms with Gasteiger partial charge in [0.25, 0.3) is 0 Å². The number of ether oxygens (including phenoxy) is 1. The number of hydrogen-bond donors (Lipinski definition) is 1. The molecule has 21 heavy (non-hydrogen) atoms. The molecule has 0 fully saturated rings. The molecule has 1 aliphatic heterocycles. The van der Waals surface area contributed by atoms with Crippen LogP contribution in [0.4, 0.5) is 0 Å². The number of nitrogens with one attached hydrogen (secondary N) is 1. The van der Waals surface area contributed by atoms with Crippen molar-refractivity contribution in [1.82, 2.24) is 5.32 Å². The van der Waals surface area contributed by atoms with E-state index in [-0.39, 0.29) is 5.92 Å². The van der Waals surface area contributed by atoms with Gasteiger partial charge in [-0.25, -0.2) is 0 Å². The fourth-order valence-electron chi connectivity index (χ4n) is 3.01. The van der Waals surface area contributed by atoms with Crippen molar-refractivity contribution in [2.75, 3.05) is 13.7 Å². The van der Waals surface area contributed by atoms with E-state index >= 15 is 0 Å². The second-order valence-electron chi connectivity index (χ2n) is 5.32. The highest BCUT2D eigenvalue weighted by atomic mass is 35.5. The zero-order valence-corrected chi connectivity index (χ0v) is 13.5. The molecule has 0 aliphatic carbocycles. The van der Waals surface area contributed by atoms with Crippen LogP contribution in [0.2, 0.25) is 10.0 Å². The number of hydrogen-bond acceptors (Lipinski definition) is 2. The molecule has 0 amide bonds. The molecule has 1 heterocycles. The van der Waals surface area contributed by atoms with Crippen molar-refractivity contribution in [3.63, 3.8) is 0 Å². The third kappa shape index (κ3) is 2.64. The Bertz CT molecular complexity index is 672. The normalized spacial score (nSPS) is 21.0. The molecule has 0 bridgehead atoms. The van der Waals surface area contributed by atoms with Crippen LogP contribution < -0.4 is 10.1 Å². The van der Waals surface area contributed by atoms with Gasteiger partial charge in [-0.3, -0.25) is 0 Å². The van der Waals surface area contributed by atoms with Crippen LogP contribution in [0.15, 0.2) is 36.4 Å². The van der Waals surface area contributed by atoms with Crippen LogP contribution in [0.1, 0.15) is 35.6 Å². The first kappa shape index (κ1) is 14.7. The van der Waals surface area contributed by atoms with E-state index in [1.165, 1.54) is 11.1 Å². The lowest BCUT2D eigenvalue weighted by Crippen LogP contribution is -2.32. The maximum atomic E-state index is 6.18. The highest BCUT2D eigenvalue weighted by molar-refractivity contribution is 6.42. The molecule has 2 atom stereocenters. The third-order valence-electron chi connectivity index (χ3n) is 4.11. The highest BCUT2D eigenvalue weighted by Crippen LogP contribution is 2.41. The van der Waals surface area contributed by atoms with Crippen LogP contribution in [0.3, 0.4) is 0 Å². The SMILES string of the molecule is COc1cccc2c1C(c1ccc(Cl)c(Cl)c1)CNC2C. The van der Waals surface area contributed by atoms with Gasteiger partial charge in [-0.15, -0.1) is 0 Å². The van der Waals surface area contributed by atoms with Crippen LogP contribution in [-0.4, -0.2) is 13.7 Å². The van der Waals surface area contributed by atoms with Gasteiger partial charge in [-0.2, -0.15) is 0 Å². The topological polar surface area (TPSA) is 21.3 Å². The number of benzene rings is 2. The summed E-state index contributed by atoms with van der Waals surface area (Å²) in [6.07, 6.45) is 0. The quantitative estimate of drug-likeness (QED) is 0.858.